The number of amides is 1. The van der Waals surface area contributed by atoms with Crippen LogP contribution in [0.15, 0.2) is 4.52 Å². The normalized spacial score (nSPS) is 10.3. The van der Waals surface area contributed by atoms with Gasteiger partial charge in [-0.15, -0.1) is 0 Å². The first-order valence-corrected chi connectivity index (χ1v) is 6.90. The van der Waals surface area contributed by atoms with Crippen molar-refractivity contribution < 1.29 is 18.8 Å². The molecule has 0 saturated heterocycles. The van der Waals surface area contributed by atoms with Gasteiger partial charge in [-0.3, -0.25) is 9.59 Å². The van der Waals surface area contributed by atoms with Crippen molar-refractivity contribution in [3.05, 3.63) is 17.0 Å². The Balaban J connectivity index is 2.27. The van der Waals surface area contributed by atoms with E-state index in [0.29, 0.717) is 36.4 Å². The van der Waals surface area contributed by atoms with E-state index < -0.39 is 0 Å². The van der Waals surface area contributed by atoms with Gasteiger partial charge >= 0.3 is 5.97 Å². The summed E-state index contributed by atoms with van der Waals surface area (Å²) in [7, 11) is 1.38. The molecule has 0 bridgehead atoms. The van der Waals surface area contributed by atoms with Crippen LogP contribution in [0.25, 0.3) is 0 Å². The molecule has 0 unspecified atom stereocenters. The van der Waals surface area contributed by atoms with Gasteiger partial charge in [-0.25, -0.2) is 0 Å². The maximum atomic E-state index is 12.0. The van der Waals surface area contributed by atoms with Crippen LogP contribution in [0.2, 0.25) is 0 Å². The van der Waals surface area contributed by atoms with Gasteiger partial charge in [0.05, 0.1) is 12.8 Å². The molecular weight excluding hydrogens is 260 g/mol. The van der Waals surface area contributed by atoms with Crippen molar-refractivity contribution in [3.8, 4) is 0 Å². The van der Waals surface area contributed by atoms with Crippen molar-refractivity contribution >= 4 is 11.9 Å². The molecule has 1 heterocycles. The number of methoxy groups -OCH3 is 1. The fourth-order valence-electron chi connectivity index (χ4n) is 1.91. The molecule has 0 radical (unpaired) electrons. The number of aryl methyl sites for hydroxylation is 2. The Morgan fingerprint density at radius 3 is 2.70 bits per heavy atom. The van der Waals surface area contributed by atoms with Gasteiger partial charge in [0.15, 0.2) is 0 Å². The van der Waals surface area contributed by atoms with E-state index in [-0.39, 0.29) is 11.9 Å². The Kier molecular flexibility index (Phi) is 6.76. The van der Waals surface area contributed by atoms with Crippen LogP contribution >= 0.6 is 0 Å². The number of ether oxygens (including phenoxy) is 1. The van der Waals surface area contributed by atoms with Crippen LogP contribution in [0.1, 0.15) is 54.4 Å². The summed E-state index contributed by atoms with van der Waals surface area (Å²) in [4.78, 5) is 22.9. The summed E-state index contributed by atoms with van der Waals surface area (Å²) in [6, 6.07) is 0. The Hall–Kier alpha value is -1.85. The van der Waals surface area contributed by atoms with Crippen molar-refractivity contribution in [2.45, 2.75) is 46.0 Å². The fourth-order valence-corrected chi connectivity index (χ4v) is 1.91. The molecule has 1 amide bonds. The van der Waals surface area contributed by atoms with E-state index in [2.05, 4.69) is 15.2 Å². The zero-order chi connectivity index (χ0) is 15.0. The quantitative estimate of drug-likeness (QED) is 0.582. The highest BCUT2D eigenvalue weighted by Crippen LogP contribution is 2.13. The van der Waals surface area contributed by atoms with E-state index in [0.717, 1.165) is 19.3 Å². The summed E-state index contributed by atoms with van der Waals surface area (Å²) in [5, 5.41) is 6.70. The molecule has 20 heavy (non-hydrogen) atoms. The molecule has 0 aliphatic carbocycles. The van der Waals surface area contributed by atoms with Gasteiger partial charge in [0.25, 0.3) is 5.91 Å². The van der Waals surface area contributed by atoms with Crippen molar-refractivity contribution in [2.75, 3.05) is 13.7 Å². The first kappa shape index (κ1) is 16.2. The smallest absolute Gasteiger partial charge is 0.305 e. The molecule has 6 heteroatoms. The highest BCUT2D eigenvalue weighted by atomic mass is 16.5. The van der Waals surface area contributed by atoms with Gasteiger partial charge in [0.2, 0.25) is 0 Å². The summed E-state index contributed by atoms with van der Waals surface area (Å²) in [6.07, 6.45) is 3.57. The first-order valence-electron chi connectivity index (χ1n) is 6.90. The minimum absolute atomic E-state index is 0.145. The minimum Gasteiger partial charge on any atom is -0.469 e. The lowest BCUT2D eigenvalue weighted by molar-refractivity contribution is -0.140. The van der Waals surface area contributed by atoms with E-state index >= 15 is 0 Å². The van der Waals surface area contributed by atoms with Gasteiger partial charge in [-0.05, 0) is 26.2 Å². The summed E-state index contributed by atoms with van der Waals surface area (Å²) in [5.41, 5.74) is 1.23. The number of hydrogen-bond donors (Lipinski definition) is 1. The fraction of sp³-hybridized carbons (Fsp3) is 0.643. The van der Waals surface area contributed by atoms with Gasteiger partial charge in [0.1, 0.15) is 11.3 Å². The number of nitrogens with zero attached hydrogens (tertiary/aromatic N) is 1. The van der Waals surface area contributed by atoms with Gasteiger partial charge < -0.3 is 14.6 Å². The third-order valence-electron chi connectivity index (χ3n) is 3.07. The molecule has 0 aliphatic heterocycles. The monoisotopic (exact) mass is 282 g/mol. The Morgan fingerprint density at radius 1 is 1.30 bits per heavy atom. The second kappa shape index (κ2) is 8.35. The predicted octanol–water partition coefficient (Wildman–Crippen LogP) is 2.01. The summed E-state index contributed by atoms with van der Waals surface area (Å²) >= 11 is 0. The number of hydrogen-bond acceptors (Lipinski definition) is 5. The van der Waals surface area contributed by atoms with E-state index in [1.165, 1.54) is 7.11 Å². The van der Waals surface area contributed by atoms with Crippen molar-refractivity contribution in [1.82, 2.24) is 10.5 Å². The van der Waals surface area contributed by atoms with Gasteiger partial charge in [-0.2, -0.15) is 0 Å². The predicted molar refractivity (Wildman–Crippen MR) is 73.4 cm³/mol. The maximum Gasteiger partial charge on any atom is 0.305 e. The van der Waals surface area contributed by atoms with Crippen molar-refractivity contribution in [3.63, 3.8) is 0 Å². The van der Waals surface area contributed by atoms with Crippen LogP contribution in [0.3, 0.4) is 0 Å². The Morgan fingerprint density at radius 2 is 2.05 bits per heavy atom. The van der Waals surface area contributed by atoms with E-state index in [4.69, 9.17) is 4.52 Å². The highest BCUT2D eigenvalue weighted by Gasteiger charge is 2.18. The number of rotatable bonds is 8. The molecule has 1 rings (SSSR count). The topological polar surface area (TPSA) is 81.4 Å². The molecule has 1 aromatic rings. The molecule has 0 saturated carbocycles. The second-order valence-corrected chi connectivity index (χ2v) is 4.56. The lowest BCUT2D eigenvalue weighted by Gasteiger charge is -2.05. The van der Waals surface area contributed by atoms with Crippen LogP contribution in [0, 0.1) is 6.92 Å². The van der Waals surface area contributed by atoms with Gasteiger partial charge in [-0.1, -0.05) is 18.5 Å². The Bertz CT molecular complexity index is 454. The van der Waals surface area contributed by atoms with E-state index in [9.17, 15) is 9.59 Å². The van der Waals surface area contributed by atoms with Crippen molar-refractivity contribution in [2.24, 2.45) is 0 Å². The molecular formula is C14H22N2O4. The lowest BCUT2D eigenvalue weighted by atomic mass is 10.1. The third-order valence-corrected chi connectivity index (χ3v) is 3.07. The largest absolute Gasteiger partial charge is 0.469 e. The van der Waals surface area contributed by atoms with Crippen LogP contribution in [0.5, 0.6) is 0 Å². The molecule has 0 atom stereocenters. The number of carbonyl (C=O) groups is 2. The molecule has 1 aromatic heterocycles. The van der Waals surface area contributed by atoms with Crippen LogP contribution in [-0.2, 0) is 16.0 Å². The SMILES string of the molecule is CCc1noc(C)c1C(=O)NCCCCCC(=O)OC. The zero-order valence-electron chi connectivity index (χ0n) is 12.3. The minimum atomic E-state index is -0.193. The average molecular weight is 282 g/mol. The molecule has 6 nitrogen and oxygen atoms in total. The lowest BCUT2D eigenvalue weighted by Crippen LogP contribution is -2.25. The van der Waals surface area contributed by atoms with Crippen LogP contribution in [-0.4, -0.2) is 30.7 Å². The van der Waals surface area contributed by atoms with Crippen LogP contribution < -0.4 is 5.32 Å². The number of carbonyl (C=O) groups excluding carboxylic acids is 2. The molecule has 0 fully saturated rings. The number of esters is 1. The van der Waals surface area contributed by atoms with Crippen molar-refractivity contribution in [1.29, 1.82) is 0 Å². The summed E-state index contributed by atoms with van der Waals surface area (Å²) in [6.45, 7) is 4.24. The second-order valence-electron chi connectivity index (χ2n) is 4.56. The van der Waals surface area contributed by atoms with Crippen LogP contribution in [0.4, 0.5) is 0 Å². The molecule has 0 aliphatic rings. The zero-order valence-corrected chi connectivity index (χ0v) is 12.3. The molecule has 1 N–H and O–H groups in total. The molecule has 0 aromatic carbocycles. The molecule has 0 spiro atoms. The maximum absolute atomic E-state index is 12.0. The summed E-state index contributed by atoms with van der Waals surface area (Å²) in [5.74, 6) is 0.209. The number of aromatic nitrogens is 1. The molecule has 112 valence electrons. The Labute approximate surface area is 118 Å². The average Bonchev–Trinajstić information content (AvgIpc) is 2.83. The first-order chi connectivity index (χ1) is 9.60. The standard InChI is InChI=1S/C14H22N2O4/c1-4-11-13(10(2)20-16-11)14(18)15-9-7-5-6-8-12(17)19-3/h4-9H2,1-3H3,(H,15,18). The van der Waals surface area contributed by atoms with E-state index in [1.54, 1.807) is 6.92 Å². The number of nitrogens with one attached hydrogen (secondary N) is 1. The third kappa shape index (κ3) is 4.68. The van der Waals surface area contributed by atoms with E-state index in [1.807, 2.05) is 6.92 Å². The highest BCUT2D eigenvalue weighted by molar-refractivity contribution is 5.96. The number of unbranched alkanes of at least 4 members (excludes halogenated alkanes) is 2. The van der Waals surface area contributed by atoms with Gasteiger partial charge in [0, 0.05) is 13.0 Å². The summed E-state index contributed by atoms with van der Waals surface area (Å²) < 4.78 is 9.59.